The van der Waals surface area contributed by atoms with Gasteiger partial charge >= 0.3 is 5.97 Å². The summed E-state index contributed by atoms with van der Waals surface area (Å²) in [5.41, 5.74) is 7.33. The van der Waals surface area contributed by atoms with Crippen LogP contribution in [0.4, 0.5) is 5.69 Å². The molecule has 1 N–H and O–H groups in total. The summed E-state index contributed by atoms with van der Waals surface area (Å²) in [7, 11) is 1.40. The normalized spacial score (nSPS) is 14.5. The Labute approximate surface area is 176 Å². The van der Waals surface area contributed by atoms with Crippen molar-refractivity contribution in [2.24, 2.45) is 0 Å². The zero-order chi connectivity index (χ0) is 21.3. The van der Waals surface area contributed by atoms with Crippen LogP contribution >= 0.6 is 0 Å². The number of aromatic nitrogens is 2. The Morgan fingerprint density at radius 2 is 1.73 bits per heavy atom. The van der Waals surface area contributed by atoms with Crippen molar-refractivity contribution in [3.63, 3.8) is 0 Å². The minimum atomic E-state index is -0.416. The highest BCUT2D eigenvalue weighted by atomic mass is 16.5. The van der Waals surface area contributed by atoms with Crippen LogP contribution in [-0.2, 0) is 16.1 Å². The third kappa shape index (κ3) is 3.54. The first-order valence-corrected chi connectivity index (χ1v) is 9.95. The van der Waals surface area contributed by atoms with Crippen LogP contribution in [0.2, 0.25) is 0 Å². The second-order valence-electron chi connectivity index (χ2n) is 7.46. The van der Waals surface area contributed by atoms with Crippen LogP contribution in [0.15, 0.2) is 66.4 Å². The van der Waals surface area contributed by atoms with Gasteiger partial charge in [-0.3, -0.25) is 0 Å². The van der Waals surface area contributed by atoms with Crippen LogP contribution in [0, 0.1) is 13.8 Å². The topological polar surface area (TPSA) is 56.1 Å². The zero-order valence-electron chi connectivity index (χ0n) is 17.7. The molecule has 5 nitrogen and oxygen atoms in total. The Bertz CT molecular complexity index is 1170. The molecule has 0 saturated carbocycles. The fraction of sp³-hybridized carbons (Fsp3) is 0.200. The first kappa shape index (κ1) is 19.7. The second-order valence-corrected chi connectivity index (χ2v) is 7.46. The van der Waals surface area contributed by atoms with Gasteiger partial charge in [-0.05, 0) is 44.1 Å². The van der Waals surface area contributed by atoms with Crippen LogP contribution in [0.1, 0.15) is 35.3 Å². The monoisotopic (exact) mass is 399 g/mol. The van der Waals surface area contributed by atoms with Crippen LogP contribution in [0.25, 0.3) is 11.1 Å². The Morgan fingerprint density at radius 1 is 1.03 bits per heavy atom. The Morgan fingerprint density at radius 3 is 2.47 bits per heavy atom. The lowest BCUT2D eigenvalue weighted by Gasteiger charge is -2.22. The number of ether oxygens (including phenoxy) is 1. The number of hydrogen-bond acceptors (Lipinski definition) is 4. The maximum absolute atomic E-state index is 13.0. The molecule has 0 unspecified atom stereocenters. The van der Waals surface area contributed by atoms with Crippen molar-refractivity contribution in [1.29, 1.82) is 0 Å². The number of rotatable bonds is 4. The highest BCUT2D eigenvalue weighted by Gasteiger charge is 2.27. The number of methoxy groups -OCH3 is 1. The van der Waals surface area contributed by atoms with Gasteiger partial charge < -0.3 is 14.6 Å². The molecule has 0 fully saturated rings. The highest BCUT2D eigenvalue weighted by Crippen LogP contribution is 2.34. The lowest BCUT2D eigenvalue weighted by molar-refractivity contribution is -0.133. The molecule has 0 saturated heterocycles. The fourth-order valence-corrected chi connectivity index (χ4v) is 3.77. The number of esters is 1. The predicted molar refractivity (Wildman–Crippen MR) is 120 cm³/mol. The number of anilines is 1. The van der Waals surface area contributed by atoms with Crippen molar-refractivity contribution in [2.75, 3.05) is 12.4 Å². The highest BCUT2D eigenvalue weighted by molar-refractivity contribution is 6.18. The molecule has 0 aliphatic carbocycles. The number of nitrogens with zero attached hydrogens (tertiary/aromatic N) is 2. The quantitative estimate of drug-likeness (QED) is 0.498. The van der Waals surface area contributed by atoms with Crippen molar-refractivity contribution in [3.8, 4) is 0 Å². The van der Waals surface area contributed by atoms with E-state index in [0.717, 1.165) is 33.8 Å². The van der Waals surface area contributed by atoms with Crippen molar-refractivity contribution >= 4 is 22.8 Å². The van der Waals surface area contributed by atoms with E-state index in [1.165, 1.54) is 7.11 Å². The molecule has 4 rings (SSSR count). The van der Waals surface area contributed by atoms with Gasteiger partial charge in [-0.25, -0.2) is 9.78 Å². The number of carbonyl (C=O) groups is 1. The molecule has 2 aromatic carbocycles. The number of allylic oxidation sites excluding steroid dienone is 2. The number of benzene rings is 2. The summed E-state index contributed by atoms with van der Waals surface area (Å²) in [6, 6.07) is 18.2. The Kier molecular flexibility index (Phi) is 5.27. The molecule has 3 aromatic rings. The average molecular weight is 399 g/mol. The van der Waals surface area contributed by atoms with E-state index in [-0.39, 0.29) is 0 Å². The van der Waals surface area contributed by atoms with E-state index >= 15 is 0 Å². The molecule has 0 amide bonds. The lowest BCUT2D eigenvalue weighted by atomic mass is 9.98. The standard InChI is InChI=1S/C25H25N3O2/c1-16-14-22(27-21-13-9-8-12-20(16)21)23(25(29)30-4)24-26-17(2)18(3)28(24)15-19-10-6-5-7-11-19/h5-14,27H,15H2,1-4H3/b23-22+. The molecule has 152 valence electrons. The number of aryl methyl sites for hydroxylation is 1. The lowest BCUT2D eigenvalue weighted by Crippen LogP contribution is -2.18. The van der Waals surface area contributed by atoms with Gasteiger partial charge in [-0.15, -0.1) is 0 Å². The predicted octanol–water partition coefficient (Wildman–Crippen LogP) is 4.96. The minimum absolute atomic E-state index is 0.416. The number of fused-ring (bicyclic) bond motifs is 1. The summed E-state index contributed by atoms with van der Waals surface area (Å²) < 4.78 is 7.26. The number of para-hydroxylation sites is 1. The maximum atomic E-state index is 13.0. The first-order valence-electron chi connectivity index (χ1n) is 9.95. The van der Waals surface area contributed by atoms with Gasteiger partial charge in [-0.2, -0.15) is 0 Å². The molecule has 30 heavy (non-hydrogen) atoms. The number of carbonyl (C=O) groups excluding carboxylic acids is 1. The largest absolute Gasteiger partial charge is 0.465 e. The number of nitrogens with one attached hydrogen (secondary N) is 1. The molecule has 5 heteroatoms. The molecule has 1 aromatic heterocycles. The van der Waals surface area contributed by atoms with Gasteiger partial charge in [0, 0.05) is 23.5 Å². The van der Waals surface area contributed by atoms with Gasteiger partial charge in [0.1, 0.15) is 11.4 Å². The van der Waals surface area contributed by atoms with Crippen molar-refractivity contribution < 1.29 is 9.53 Å². The average Bonchev–Trinajstić information content (AvgIpc) is 3.02. The summed E-state index contributed by atoms with van der Waals surface area (Å²) in [6.45, 7) is 6.65. The smallest absolute Gasteiger partial charge is 0.343 e. The molecular formula is C25H25N3O2. The van der Waals surface area contributed by atoms with E-state index in [9.17, 15) is 4.79 Å². The van der Waals surface area contributed by atoms with Crippen LogP contribution < -0.4 is 5.32 Å². The summed E-state index contributed by atoms with van der Waals surface area (Å²) in [6.07, 6.45) is 1.99. The third-order valence-corrected chi connectivity index (χ3v) is 5.51. The van der Waals surface area contributed by atoms with E-state index in [1.54, 1.807) is 0 Å². The third-order valence-electron chi connectivity index (χ3n) is 5.51. The molecule has 0 bridgehead atoms. The van der Waals surface area contributed by atoms with Gasteiger partial charge in [0.15, 0.2) is 0 Å². The molecule has 0 atom stereocenters. The molecule has 1 aliphatic heterocycles. The fourth-order valence-electron chi connectivity index (χ4n) is 3.77. The van der Waals surface area contributed by atoms with E-state index in [0.29, 0.717) is 23.6 Å². The van der Waals surface area contributed by atoms with E-state index < -0.39 is 5.97 Å². The van der Waals surface area contributed by atoms with Crippen LogP contribution in [0.5, 0.6) is 0 Å². The molecule has 1 aliphatic rings. The van der Waals surface area contributed by atoms with Crippen molar-refractivity contribution in [1.82, 2.24) is 9.55 Å². The van der Waals surface area contributed by atoms with Crippen molar-refractivity contribution in [2.45, 2.75) is 27.3 Å². The zero-order valence-corrected chi connectivity index (χ0v) is 17.7. The second kappa shape index (κ2) is 8.03. The maximum Gasteiger partial charge on any atom is 0.343 e. The summed E-state index contributed by atoms with van der Waals surface area (Å²) >= 11 is 0. The number of imidazole rings is 1. The molecule has 0 radical (unpaired) electrons. The SMILES string of the molecule is COC(=O)/C(=C1\C=C(C)c2ccccc2N1)c1nc(C)c(C)n1Cc1ccccc1. The van der Waals surface area contributed by atoms with Gasteiger partial charge in [0.05, 0.1) is 18.5 Å². The van der Waals surface area contributed by atoms with E-state index in [2.05, 4.69) is 28.1 Å². The molecule has 0 spiro atoms. The van der Waals surface area contributed by atoms with Crippen LogP contribution in [0.3, 0.4) is 0 Å². The molecular weight excluding hydrogens is 374 g/mol. The van der Waals surface area contributed by atoms with Gasteiger partial charge in [0.2, 0.25) is 0 Å². The summed E-state index contributed by atoms with van der Waals surface area (Å²) in [5.74, 6) is 0.187. The van der Waals surface area contributed by atoms with E-state index in [1.807, 2.05) is 63.2 Å². The summed E-state index contributed by atoms with van der Waals surface area (Å²) in [5, 5.41) is 3.41. The van der Waals surface area contributed by atoms with Gasteiger partial charge in [-0.1, -0.05) is 48.5 Å². The number of hydrogen-bond donors (Lipinski definition) is 1. The van der Waals surface area contributed by atoms with Crippen molar-refractivity contribution in [3.05, 3.63) is 94.7 Å². The minimum Gasteiger partial charge on any atom is -0.465 e. The first-order chi connectivity index (χ1) is 14.5. The summed E-state index contributed by atoms with van der Waals surface area (Å²) in [4.78, 5) is 17.7. The Balaban J connectivity index is 1.90. The molecule has 2 heterocycles. The van der Waals surface area contributed by atoms with Crippen LogP contribution in [-0.4, -0.2) is 22.6 Å². The van der Waals surface area contributed by atoms with E-state index in [4.69, 9.17) is 9.72 Å². The van der Waals surface area contributed by atoms with Gasteiger partial charge in [0.25, 0.3) is 0 Å². The Hall–Kier alpha value is -3.60.